The number of nitrogens with zero attached hydrogens (tertiary/aromatic N) is 2. The molecule has 0 unspecified atom stereocenters. The van der Waals surface area contributed by atoms with Crippen LogP contribution in [-0.4, -0.2) is 22.4 Å². The molecule has 0 bridgehead atoms. The van der Waals surface area contributed by atoms with Gasteiger partial charge in [-0.3, -0.25) is 4.79 Å². The summed E-state index contributed by atoms with van der Waals surface area (Å²) in [5.74, 6) is -0.157. The normalized spacial score (nSPS) is 11.3. The number of fused-ring (bicyclic) bond motifs is 1. The number of ketones is 1. The number of aromatic nitrogens is 1. The second-order valence-corrected chi connectivity index (χ2v) is 5.06. The zero-order valence-corrected chi connectivity index (χ0v) is 12.1. The zero-order chi connectivity index (χ0) is 15.5. The molecule has 2 N–H and O–H groups in total. The van der Waals surface area contributed by atoms with Gasteiger partial charge in [0, 0.05) is 10.9 Å². The number of carbonyl (C=O) groups excluding carboxylic acids is 1. The van der Waals surface area contributed by atoms with Gasteiger partial charge < -0.3 is 10.1 Å². The summed E-state index contributed by atoms with van der Waals surface area (Å²) in [4.78, 5) is 14.8. The molecule has 0 spiro atoms. The topological polar surface area (TPSA) is 77.8 Å². The predicted molar refractivity (Wildman–Crippen MR) is 84.9 cm³/mol. The van der Waals surface area contributed by atoms with Gasteiger partial charge in [0.2, 0.25) is 5.88 Å². The molecule has 0 amide bonds. The number of carbonyl (C=O) groups is 1. The Hall–Kier alpha value is -2.95. The van der Waals surface area contributed by atoms with Gasteiger partial charge in [0.05, 0.1) is 5.52 Å². The van der Waals surface area contributed by atoms with Crippen molar-refractivity contribution in [1.82, 2.24) is 4.98 Å². The molecule has 3 rings (SSSR count). The average molecular weight is 293 g/mol. The van der Waals surface area contributed by atoms with Crippen LogP contribution in [-0.2, 0) is 0 Å². The van der Waals surface area contributed by atoms with Gasteiger partial charge in [0.1, 0.15) is 6.54 Å². The van der Waals surface area contributed by atoms with Gasteiger partial charge in [0.25, 0.3) is 0 Å². The summed E-state index contributed by atoms with van der Waals surface area (Å²) in [6.45, 7) is 1.91. The maximum atomic E-state index is 12.0. The van der Waals surface area contributed by atoms with Gasteiger partial charge in [0.15, 0.2) is 11.5 Å². The largest absolute Gasteiger partial charge is 0.493 e. The minimum Gasteiger partial charge on any atom is -0.493 e. The second-order valence-electron chi connectivity index (χ2n) is 5.06. The molecule has 0 aliphatic rings. The van der Waals surface area contributed by atoms with Crippen LogP contribution in [0.4, 0.5) is 5.69 Å². The highest BCUT2D eigenvalue weighted by Crippen LogP contribution is 2.35. The first-order valence-corrected chi connectivity index (χ1v) is 6.92. The maximum Gasteiger partial charge on any atom is 0.218 e. The van der Waals surface area contributed by atoms with Crippen molar-refractivity contribution in [1.29, 1.82) is 0 Å². The highest BCUT2D eigenvalue weighted by Gasteiger charge is 2.10. The summed E-state index contributed by atoms with van der Waals surface area (Å²) in [6.07, 6.45) is 0. The van der Waals surface area contributed by atoms with Crippen molar-refractivity contribution in [3.8, 4) is 5.88 Å². The van der Waals surface area contributed by atoms with Gasteiger partial charge in [-0.15, -0.1) is 5.11 Å². The molecule has 0 atom stereocenters. The minimum atomic E-state index is -0.108. The van der Waals surface area contributed by atoms with Gasteiger partial charge in [-0.05, 0) is 13.0 Å². The van der Waals surface area contributed by atoms with Gasteiger partial charge in [-0.1, -0.05) is 48.0 Å². The minimum absolute atomic E-state index is 0.0484. The summed E-state index contributed by atoms with van der Waals surface area (Å²) < 4.78 is 0. The van der Waals surface area contributed by atoms with Gasteiger partial charge in [-0.25, -0.2) is 0 Å². The lowest BCUT2D eigenvalue weighted by Crippen LogP contribution is -2.02. The number of benzene rings is 2. The van der Waals surface area contributed by atoms with E-state index in [1.54, 1.807) is 12.1 Å². The molecule has 0 fully saturated rings. The Morgan fingerprint density at radius 1 is 1.14 bits per heavy atom. The summed E-state index contributed by atoms with van der Waals surface area (Å²) in [7, 11) is 0. The molecule has 1 heterocycles. The summed E-state index contributed by atoms with van der Waals surface area (Å²) in [5.41, 5.74) is 2.83. The van der Waals surface area contributed by atoms with Crippen molar-refractivity contribution in [2.45, 2.75) is 6.92 Å². The Morgan fingerprint density at radius 2 is 1.86 bits per heavy atom. The van der Waals surface area contributed by atoms with E-state index in [-0.39, 0.29) is 18.2 Å². The highest BCUT2D eigenvalue weighted by atomic mass is 16.3. The Labute approximate surface area is 127 Å². The lowest BCUT2D eigenvalue weighted by Gasteiger charge is -1.98. The number of hydrogen-bond donors (Lipinski definition) is 2. The zero-order valence-electron chi connectivity index (χ0n) is 12.1. The Bertz CT molecular complexity index is 848. The number of hydrogen-bond acceptors (Lipinski definition) is 4. The number of aromatic hydroxyl groups is 1. The van der Waals surface area contributed by atoms with Crippen LogP contribution in [0.3, 0.4) is 0 Å². The number of Topliss-reactive ketones (excluding diaryl/α,β-unsaturated/α-hetero) is 1. The Balaban J connectivity index is 1.77. The maximum absolute atomic E-state index is 12.0. The van der Waals surface area contributed by atoms with E-state index >= 15 is 0 Å². The van der Waals surface area contributed by atoms with Crippen LogP contribution in [0.15, 0.2) is 58.8 Å². The summed E-state index contributed by atoms with van der Waals surface area (Å²) in [6, 6.07) is 14.7. The monoisotopic (exact) mass is 293 g/mol. The third kappa shape index (κ3) is 2.74. The van der Waals surface area contributed by atoms with E-state index in [1.807, 2.05) is 43.3 Å². The lowest BCUT2D eigenvalue weighted by atomic mass is 10.1. The van der Waals surface area contributed by atoms with Crippen LogP contribution in [0.5, 0.6) is 5.88 Å². The first-order chi connectivity index (χ1) is 10.6. The molecule has 0 aliphatic heterocycles. The van der Waals surface area contributed by atoms with E-state index in [0.29, 0.717) is 11.3 Å². The van der Waals surface area contributed by atoms with Crippen LogP contribution in [0.1, 0.15) is 15.9 Å². The van der Waals surface area contributed by atoms with E-state index in [9.17, 15) is 9.90 Å². The molecule has 110 valence electrons. The number of aromatic amines is 1. The van der Waals surface area contributed by atoms with Crippen molar-refractivity contribution in [2.24, 2.45) is 10.2 Å². The van der Waals surface area contributed by atoms with Crippen LogP contribution in [0.25, 0.3) is 10.9 Å². The first-order valence-electron chi connectivity index (χ1n) is 6.92. The molecule has 3 aromatic rings. The van der Waals surface area contributed by atoms with E-state index in [0.717, 1.165) is 16.5 Å². The Morgan fingerprint density at radius 3 is 2.64 bits per heavy atom. The molecule has 0 aliphatic carbocycles. The fourth-order valence-corrected chi connectivity index (χ4v) is 2.22. The smallest absolute Gasteiger partial charge is 0.218 e. The van der Waals surface area contributed by atoms with Gasteiger partial charge >= 0.3 is 0 Å². The third-order valence-electron chi connectivity index (χ3n) is 3.42. The first kappa shape index (κ1) is 14.0. The average Bonchev–Trinajstić information content (AvgIpc) is 2.84. The second kappa shape index (κ2) is 5.81. The highest BCUT2D eigenvalue weighted by molar-refractivity contribution is 5.98. The number of nitrogens with one attached hydrogen (secondary N) is 1. The molecule has 5 nitrogen and oxygen atoms in total. The number of azo groups is 1. The van der Waals surface area contributed by atoms with Crippen LogP contribution in [0, 0.1) is 6.92 Å². The van der Waals surface area contributed by atoms with E-state index in [2.05, 4.69) is 15.2 Å². The number of rotatable bonds is 4. The molecule has 2 aromatic carbocycles. The summed E-state index contributed by atoms with van der Waals surface area (Å²) >= 11 is 0. The predicted octanol–water partition coefficient (Wildman–Crippen LogP) is 4.15. The van der Waals surface area contributed by atoms with Crippen LogP contribution >= 0.6 is 0 Å². The Kier molecular flexibility index (Phi) is 3.70. The van der Waals surface area contributed by atoms with Crippen molar-refractivity contribution in [3.05, 3.63) is 59.7 Å². The number of aryl methyl sites for hydroxylation is 1. The molecular weight excluding hydrogens is 278 g/mol. The van der Waals surface area contributed by atoms with Crippen molar-refractivity contribution in [2.75, 3.05) is 6.54 Å². The van der Waals surface area contributed by atoms with E-state index in [4.69, 9.17) is 0 Å². The molecular formula is C17H15N3O2. The van der Waals surface area contributed by atoms with Crippen molar-refractivity contribution >= 4 is 22.4 Å². The molecule has 22 heavy (non-hydrogen) atoms. The number of H-pyrrole nitrogens is 1. The molecule has 0 saturated carbocycles. The van der Waals surface area contributed by atoms with Crippen molar-refractivity contribution < 1.29 is 9.90 Å². The van der Waals surface area contributed by atoms with Crippen LogP contribution < -0.4 is 0 Å². The fourth-order valence-electron chi connectivity index (χ4n) is 2.22. The van der Waals surface area contributed by atoms with Crippen LogP contribution in [0.2, 0.25) is 0 Å². The van der Waals surface area contributed by atoms with E-state index in [1.165, 1.54) is 0 Å². The SMILES string of the molecule is Cc1ccc(C(=O)CN=Nc2c(O)[nH]c3ccccc23)cc1. The molecule has 0 saturated heterocycles. The molecule has 0 radical (unpaired) electrons. The van der Waals surface area contributed by atoms with Crippen molar-refractivity contribution in [3.63, 3.8) is 0 Å². The molecule has 5 heteroatoms. The number of para-hydroxylation sites is 1. The summed E-state index contributed by atoms with van der Waals surface area (Å²) in [5, 5.41) is 18.5. The van der Waals surface area contributed by atoms with Gasteiger partial charge in [-0.2, -0.15) is 5.11 Å². The lowest BCUT2D eigenvalue weighted by molar-refractivity contribution is 0.100. The fraction of sp³-hybridized carbons (Fsp3) is 0.118. The quantitative estimate of drug-likeness (QED) is 0.560. The van der Waals surface area contributed by atoms with E-state index < -0.39 is 0 Å². The standard InChI is InChI=1S/C17H15N3O2/c1-11-6-8-12(9-7-11)15(21)10-18-20-16-13-4-2-3-5-14(13)19-17(16)22/h2-9,19,22H,10H2,1H3. The molecule has 1 aromatic heterocycles. The third-order valence-corrected chi connectivity index (χ3v) is 3.42.